The number of nitrogens with zero attached hydrogens (tertiary/aromatic N) is 1. The predicted molar refractivity (Wildman–Crippen MR) is 67.0 cm³/mol. The first kappa shape index (κ1) is 15.8. The Bertz CT molecular complexity index is 522. The number of benzene rings is 1. The summed E-state index contributed by atoms with van der Waals surface area (Å²) in [5.41, 5.74) is -0.616. The van der Waals surface area contributed by atoms with Crippen molar-refractivity contribution in [2.24, 2.45) is 0 Å². The third-order valence-electron chi connectivity index (χ3n) is 2.45. The molecule has 7 nitrogen and oxygen atoms in total. The largest absolute Gasteiger partial charge is 0.390 e. The molecule has 1 aromatic carbocycles. The Balaban J connectivity index is 3.02. The topological polar surface area (TPSA) is 104 Å². The molecule has 0 aliphatic rings. The van der Waals surface area contributed by atoms with Gasteiger partial charge >= 0.3 is 0 Å². The molecule has 0 atom stereocenters. The van der Waals surface area contributed by atoms with Gasteiger partial charge in [-0.3, -0.25) is 14.9 Å². The summed E-state index contributed by atoms with van der Waals surface area (Å²) in [5, 5.41) is 23.8. The molecule has 0 radical (unpaired) electrons. The van der Waals surface area contributed by atoms with Crippen molar-refractivity contribution in [1.82, 2.24) is 5.32 Å². The highest BCUT2D eigenvalue weighted by Crippen LogP contribution is 2.26. The molecule has 0 fully saturated rings. The monoisotopic (exact) mass is 289 g/mol. The second kappa shape index (κ2) is 6.24. The molecule has 110 valence electrons. The van der Waals surface area contributed by atoms with Gasteiger partial charge in [0.1, 0.15) is 12.3 Å². The van der Waals surface area contributed by atoms with Gasteiger partial charge in [-0.2, -0.15) is 0 Å². The highest BCUT2D eigenvalue weighted by Gasteiger charge is 2.28. The Morgan fingerprint density at radius 2 is 2.15 bits per heavy atom. The van der Waals surface area contributed by atoms with E-state index in [-0.39, 0.29) is 11.3 Å². The Kier molecular flexibility index (Phi) is 4.92. The number of halogens is 2. The van der Waals surface area contributed by atoms with Crippen molar-refractivity contribution >= 4 is 17.3 Å². The average molecular weight is 289 g/mol. The van der Waals surface area contributed by atoms with E-state index in [0.29, 0.717) is 0 Å². The molecule has 1 rings (SSSR count). The summed E-state index contributed by atoms with van der Waals surface area (Å²) in [4.78, 5) is 21.4. The minimum atomic E-state index is -3.40. The molecule has 0 saturated heterocycles. The van der Waals surface area contributed by atoms with Gasteiger partial charge in [-0.15, -0.1) is 0 Å². The van der Waals surface area contributed by atoms with Gasteiger partial charge in [-0.25, -0.2) is 8.78 Å². The second-order valence-corrected chi connectivity index (χ2v) is 3.94. The third-order valence-corrected chi connectivity index (χ3v) is 2.45. The lowest BCUT2D eigenvalue weighted by molar-refractivity contribution is -0.384. The average Bonchev–Trinajstić information content (AvgIpc) is 2.44. The molecule has 0 aliphatic heterocycles. The van der Waals surface area contributed by atoms with Crippen LogP contribution in [0.1, 0.15) is 10.4 Å². The molecule has 3 N–H and O–H groups in total. The highest BCUT2D eigenvalue weighted by molar-refractivity contribution is 5.95. The summed E-state index contributed by atoms with van der Waals surface area (Å²) in [6.07, 6.45) is 0. The van der Waals surface area contributed by atoms with Crippen molar-refractivity contribution < 1.29 is 23.6 Å². The second-order valence-electron chi connectivity index (χ2n) is 3.94. The van der Waals surface area contributed by atoms with E-state index < -0.39 is 35.6 Å². The van der Waals surface area contributed by atoms with E-state index in [1.165, 1.54) is 13.1 Å². The van der Waals surface area contributed by atoms with Crippen molar-refractivity contribution in [3.8, 4) is 0 Å². The zero-order valence-corrected chi connectivity index (χ0v) is 10.5. The number of rotatable bonds is 6. The number of carbonyl (C=O) groups excluding carboxylic acids is 1. The van der Waals surface area contributed by atoms with Crippen LogP contribution in [0, 0.1) is 10.1 Å². The Labute approximate surface area is 112 Å². The van der Waals surface area contributed by atoms with Crippen LogP contribution in [-0.2, 0) is 0 Å². The van der Waals surface area contributed by atoms with Gasteiger partial charge in [0.2, 0.25) is 0 Å². The number of anilines is 1. The molecule has 0 aromatic heterocycles. The normalized spacial score (nSPS) is 11.0. The van der Waals surface area contributed by atoms with Crippen LogP contribution >= 0.6 is 0 Å². The fourth-order valence-electron chi connectivity index (χ4n) is 1.40. The van der Waals surface area contributed by atoms with E-state index >= 15 is 0 Å². The number of aliphatic hydroxyl groups is 1. The molecule has 1 amide bonds. The van der Waals surface area contributed by atoms with Gasteiger partial charge < -0.3 is 15.7 Å². The standard InChI is InChI=1S/C11H13F2N3O4/c1-14-10(18)7-2-3-8(9(4-7)16(19)20)15-5-11(12,13)6-17/h2-4,15,17H,5-6H2,1H3,(H,14,18). The van der Waals surface area contributed by atoms with Gasteiger partial charge in [-0.1, -0.05) is 0 Å². The molecule has 0 unspecified atom stereocenters. The summed E-state index contributed by atoms with van der Waals surface area (Å²) in [7, 11) is 1.36. The van der Waals surface area contributed by atoms with Crippen molar-refractivity contribution in [3.63, 3.8) is 0 Å². The van der Waals surface area contributed by atoms with Crippen LogP contribution in [0.3, 0.4) is 0 Å². The Morgan fingerprint density at radius 1 is 1.50 bits per heavy atom. The maximum Gasteiger partial charge on any atom is 0.293 e. The number of alkyl halides is 2. The summed E-state index contributed by atoms with van der Waals surface area (Å²) < 4.78 is 25.8. The van der Waals surface area contributed by atoms with Crippen LogP contribution in [0.25, 0.3) is 0 Å². The SMILES string of the molecule is CNC(=O)c1ccc(NCC(F)(F)CO)c([N+](=O)[O-])c1. The van der Waals surface area contributed by atoms with Crippen LogP contribution < -0.4 is 10.6 Å². The minimum absolute atomic E-state index is 0.0404. The number of carbonyl (C=O) groups is 1. The maximum atomic E-state index is 12.9. The van der Waals surface area contributed by atoms with E-state index in [1.54, 1.807) is 0 Å². The smallest absolute Gasteiger partial charge is 0.293 e. The number of amides is 1. The Morgan fingerprint density at radius 3 is 2.65 bits per heavy atom. The Hall–Kier alpha value is -2.29. The van der Waals surface area contributed by atoms with E-state index in [2.05, 4.69) is 10.6 Å². The molecule has 1 aromatic rings. The molecule has 0 saturated carbocycles. The van der Waals surface area contributed by atoms with Gasteiger partial charge in [0, 0.05) is 18.7 Å². The van der Waals surface area contributed by atoms with Crippen LogP contribution in [-0.4, -0.2) is 42.1 Å². The first-order valence-corrected chi connectivity index (χ1v) is 5.54. The van der Waals surface area contributed by atoms with Crippen LogP contribution in [0.4, 0.5) is 20.2 Å². The number of nitro benzene ring substituents is 1. The number of aliphatic hydroxyl groups excluding tert-OH is 1. The van der Waals surface area contributed by atoms with Gasteiger partial charge in [0.05, 0.1) is 11.5 Å². The fourth-order valence-corrected chi connectivity index (χ4v) is 1.40. The maximum absolute atomic E-state index is 12.9. The summed E-state index contributed by atoms with van der Waals surface area (Å²) in [5.74, 6) is -3.92. The highest BCUT2D eigenvalue weighted by atomic mass is 19.3. The zero-order valence-electron chi connectivity index (χ0n) is 10.5. The molecular formula is C11H13F2N3O4. The van der Waals surface area contributed by atoms with Crippen molar-refractivity contribution in [2.45, 2.75) is 5.92 Å². The molecule has 0 heterocycles. The lowest BCUT2D eigenvalue weighted by Gasteiger charge is -2.15. The number of hydrogen-bond donors (Lipinski definition) is 3. The van der Waals surface area contributed by atoms with Gasteiger partial charge in [0.15, 0.2) is 0 Å². The van der Waals surface area contributed by atoms with Crippen molar-refractivity contribution in [2.75, 3.05) is 25.5 Å². The van der Waals surface area contributed by atoms with E-state index in [1.807, 2.05) is 0 Å². The van der Waals surface area contributed by atoms with Crippen molar-refractivity contribution in [1.29, 1.82) is 0 Å². The van der Waals surface area contributed by atoms with E-state index in [0.717, 1.165) is 12.1 Å². The third kappa shape index (κ3) is 3.85. The first-order valence-electron chi connectivity index (χ1n) is 5.54. The number of hydrogen-bond acceptors (Lipinski definition) is 5. The molecule has 0 aliphatic carbocycles. The number of nitrogens with one attached hydrogen (secondary N) is 2. The lowest BCUT2D eigenvalue weighted by atomic mass is 10.1. The predicted octanol–water partition coefficient (Wildman–Crippen LogP) is 0.994. The lowest BCUT2D eigenvalue weighted by Crippen LogP contribution is -2.31. The number of nitro groups is 1. The quantitative estimate of drug-likeness (QED) is 0.535. The van der Waals surface area contributed by atoms with E-state index in [9.17, 15) is 23.7 Å². The summed E-state index contributed by atoms with van der Waals surface area (Å²) >= 11 is 0. The molecule has 0 spiro atoms. The molecular weight excluding hydrogens is 276 g/mol. The van der Waals surface area contributed by atoms with Crippen LogP contribution in [0.2, 0.25) is 0 Å². The minimum Gasteiger partial charge on any atom is -0.390 e. The van der Waals surface area contributed by atoms with Crippen molar-refractivity contribution in [3.05, 3.63) is 33.9 Å². The van der Waals surface area contributed by atoms with Crippen LogP contribution in [0.5, 0.6) is 0 Å². The summed E-state index contributed by atoms with van der Waals surface area (Å²) in [6.45, 7) is -2.33. The van der Waals surface area contributed by atoms with Crippen LogP contribution in [0.15, 0.2) is 18.2 Å². The molecule has 9 heteroatoms. The zero-order chi connectivity index (χ0) is 15.3. The molecule has 20 heavy (non-hydrogen) atoms. The summed E-state index contributed by atoms with van der Waals surface area (Å²) in [6, 6.07) is 3.42. The first-order chi connectivity index (χ1) is 9.30. The fraction of sp³-hybridized carbons (Fsp3) is 0.364. The van der Waals surface area contributed by atoms with Gasteiger partial charge in [-0.05, 0) is 12.1 Å². The van der Waals surface area contributed by atoms with Gasteiger partial charge in [0.25, 0.3) is 17.5 Å². The molecule has 0 bridgehead atoms. The van der Waals surface area contributed by atoms with E-state index in [4.69, 9.17) is 5.11 Å².